The minimum atomic E-state index is 0. The molecule has 0 aliphatic carbocycles. The van der Waals surface area contributed by atoms with Crippen molar-refractivity contribution >= 4 is 15.8 Å². The van der Waals surface area contributed by atoms with Gasteiger partial charge in [-0.05, 0) is 60.6 Å². The van der Waals surface area contributed by atoms with Gasteiger partial charge in [-0.1, -0.05) is 122 Å². The molecular formula is C26H54Cl2P2Pd. The van der Waals surface area contributed by atoms with Gasteiger partial charge in [0.15, 0.2) is 0 Å². The number of rotatable bonds is 4. The summed E-state index contributed by atoms with van der Waals surface area (Å²) < 4.78 is 0. The van der Waals surface area contributed by atoms with Crippen LogP contribution in [0, 0.1) is 0 Å². The molecule has 0 bridgehead atoms. The van der Waals surface area contributed by atoms with E-state index in [0.29, 0.717) is 20.6 Å². The van der Waals surface area contributed by atoms with Gasteiger partial charge in [-0.15, -0.1) is 0 Å². The Balaban J connectivity index is -0.000000133. The minimum Gasteiger partial charge on any atom is -1.00 e. The van der Waals surface area contributed by atoms with Crippen LogP contribution in [0.5, 0.6) is 0 Å². The summed E-state index contributed by atoms with van der Waals surface area (Å²) in [6, 6.07) is 0. The van der Waals surface area contributed by atoms with Crippen LogP contribution in [-0.2, 0) is 20.4 Å². The van der Waals surface area contributed by atoms with Crippen molar-refractivity contribution in [2.24, 2.45) is 0 Å². The van der Waals surface area contributed by atoms with Crippen LogP contribution in [-0.4, -0.2) is 32.9 Å². The molecule has 0 N–H and O–H groups in total. The first-order valence-electron chi connectivity index (χ1n) is 10.9. The Labute approximate surface area is 227 Å². The van der Waals surface area contributed by atoms with E-state index < -0.39 is 0 Å². The van der Waals surface area contributed by atoms with Crippen molar-refractivity contribution in [2.75, 3.05) is 12.3 Å². The molecule has 0 aromatic heterocycles. The maximum Gasteiger partial charge on any atom is 2.00 e. The van der Waals surface area contributed by atoms with E-state index in [1.165, 1.54) is 23.5 Å². The molecule has 0 aliphatic rings. The van der Waals surface area contributed by atoms with Crippen molar-refractivity contribution in [3.05, 3.63) is 23.3 Å². The molecule has 0 aliphatic heterocycles. The van der Waals surface area contributed by atoms with E-state index in [2.05, 4.69) is 123 Å². The summed E-state index contributed by atoms with van der Waals surface area (Å²) >= 11 is 0. The van der Waals surface area contributed by atoms with E-state index in [0.717, 1.165) is 0 Å². The first-order valence-corrected chi connectivity index (χ1v) is 14.0. The van der Waals surface area contributed by atoms with Crippen LogP contribution < -0.4 is 24.8 Å². The fourth-order valence-corrected chi connectivity index (χ4v) is 11.0. The molecule has 0 radical (unpaired) electrons. The molecule has 0 saturated carbocycles. The van der Waals surface area contributed by atoms with Crippen molar-refractivity contribution in [3.63, 3.8) is 0 Å². The Morgan fingerprint density at radius 3 is 0.742 bits per heavy atom. The quantitative estimate of drug-likeness (QED) is 0.258. The van der Waals surface area contributed by atoms with Crippen molar-refractivity contribution in [3.8, 4) is 0 Å². The van der Waals surface area contributed by atoms with Gasteiger partial charge >= 0.3 is 20.4 Å². The summed E-state index contributed by atoms with van der Waals surface area (Å²) in [5.41, 5.74) is 2.90. The van der Waals surface area contributed by atoms with Gasteiger partial charge in [0.1, 0.15) is 0 Å². The number of allylic oxidation sites excluding steroid dienone is 4. The van der Waals surface area contributed by atoms with Crippen molar-refractivity contribution in [2.45, 2.75) is 131 Å². The second kappa shape index (κ2) is 17.1. The predicted octanol–water partition coefficient (Wildman–Crippen LogP) is 4.07. The minimum absolute atomic E-state index is 0. The van der Waals surface area contributed by atoms with Crippen LogP contribution in [0.15, 0.2) is 23.3 Å². The summed E-state index contributed by atoms with van der Waals surface area (Å²) in [5, 5.41) is 1.83. The van der Waals surface area contributed by atoms with Crippen LogP contribution >= 0.6 is 15.8 Å². The molecule has 0 rings (SSSR count). The predicted molar refractivity (Wildman–Crippen MR) is 141 cm³/mol. The molecule has 0 unspecified atom stereocenters. The van der Waals surface area contributed by atoms with Gasteiger partial charge < -0.3 is 24.8 Å². The summed E-state index contributed by atoms with van der Waals surface area (Å²) in [6.07, 6.45) is 7.35. The molecule has 0 heterocycles. The zero-order valence-corrected chi connectivity index (χ0v) is 28.4. The number of hydrogen-bond donors (Lipinski definition) is 0. The number of hydrogen-bond acceptors (Lipinski definition) is 0. The smallest absolute Gasteiger partial charge is 1.00 e. The van der Waals surface area contributed by atoms with Crippen LogP contribution in [0.1, 0.15) is 111 Å². The largest absolute Gasteiger partial charge is 2.00 e. The van der Waals surface area contributed by atoms with Crippen LogP contribution in [0.4, 0.5) is 0 Å². The zero-order chi connectivity index (χ0) is 23.1. The average Bonchev–Trinajstić information content (AvgIpc) is 2.31. The fraction of sp³-hybridized carbons (Fsp3) is 0.846. The Morgan fingerprint density at radius 2 is 0.645 bits per heavy atom. The van der Waals surface area contributed by atoms with Gasteiger partial charge in [0.2, 0.25) is 0 Å². The van der Waals surface area contributed by atoms with Crippen LogP contribution in [0.3, 0.4) is 0 Å². The first kappa shape index (κ1) is 42.7. The molecule has 0 atom stereocenters. The molecule has 0 aromatic carbocycles. The van der Waals surface area contributed by atoms with Gasteiger partial charge in [-0.3, -0.25) is 0 Å². The van der Waals surface area contributed by atoms with Gasteiger partial charge in [0.25, 0.3) is 0 Å². The Hall–Kier alpha value is 1.58. The molecular weight excluding hydrogens is 552 g/mol. The van der Waals surface area contributed by atoms with Gasteiger partial charge in [-0.25, -0.2) is 0 Å². The summed E-state index contributed by atoms with van der Waals surface area (Å²) in [6.45, 7) is 37.3. The third-order valence-electron chi connectivity index (χ3n) is 4.60. The molecule has 31 heavy (non-hydrogen) atoms. The second-order valence-corrected chi connectivity index (χ2v) is 20.3. The van der Waals surface area contributed by atoms with Gasteiger partial charge in [-0.2, -0.15) is 0 Å². The maximum absolute atomic E-state index is 2.40. The standard InChI is InChI=1S/2C13H27P.2ClH.Pd/c2*1-11(2)9-10-14(12(3,4)5)13(6,7)8;;;/h2*9H,10H2,1-8H3;2*1H;/q;;;;+2/p-2. The molecule has 0 spiro atoms. The topological polar surface area (TPSA) is 0 Å². The van der Waals surface area contributed by atoms with E-state index in [-0.39, 0.29) is 61.1 Å². The van der Waals surface area contributed by atoms with Gasteiger partial charge in [0.05, 0.1) is 0 Å². The van der Waals surface area contributed by atoms with Gasteiger partial charge in [0, 0.05) is 0 Å². The third-order valence-corrected chi connectivity index (χ3v) is 12.2. The molecule has 0 nitrogen and oxygen atoms in total. The van der Waals surface area contributed by atoms with E-state index in [9.17, 15) is 0 Å². The Kier molecular flexibility index (Phi) is 23.5. The van der Waals surface area contributed by atoms with Crippen LogP contribution in [0.2, 0.25) is 0 Å². The molecule has 0 saturated heterocycles. The van der Waals surface area contributed by atoms with E-state index in [1.807, 2.05) is 0 Å². The molecule has 192 valence electrons. The van der Waals surface area contributed by atoms with Crippen LogP contribution in [0.25, 0.3) is 0 Å². The Morgan fingerprint density at radius 1 is 0.484 bits per heavy atom. The normalized spacial score (nSPS) is 11.9. The third kappa shape index (κ3) is 21.8. The summed E-state index contributed by atoms with van der Waals surface area (Å²) in [4.78, 5) is 0. The average molecular weight is 606 g/mol. The van der Waals surface area contributed by atoms with Crippen molar-refractivity contribution in [1.82, 2.24) is 0 Å². The van der Waals surface area contributed by atoms with Crippen molar-refractivity contribution in [1.29, 1.82) is 0 Å². The molecule has 5 heteroatoms. The second-order valence-electron chi connectivity index (χ2n) is 12.5. The monoisotopic (exact) mass is 604 g/mol. The van der Waals surface area contributed by atoms with E-state index in [4.69, 9.17) is 0 Å². The van der Waals surface area contributed by atoms with E-state index >= 15 is 0 Å². The summed E-state index contributed by atoms with van der Waals surface area (Å²) in [7, 11) is 0.0967. The zero-order valence-electron chi connectivity index (χ0n) is 23.5. The fourth-order valence-electron chi connectivity index (χ4n) is 3.66. The molecule has 0 aromatic rings. The first-order chi connectivity index (χ1) is 12.1. The number of halogens is 2. The maximum atomic E-state index is 2.40. The SMILES string of the molecule is CC(C)=CCP(C(C)(C)C)C(C)(C)C.CC(C)=CCP(C(C)(C)C)C(C)(C)C.[Cl-].[Cl-].[Pd+2]. The summed E-state index contributed by atoms with van der Waals surface area (Å²) in [5.74, 6) is 0. The Bertz CT molecular complexity index is 429. The van der Waals surface area contributed by atoms with Crippen molar-refractivity contribution < 1.29 is 45.2 Å². The molecule has 0 fully saturated rings. The molecule has 0 amide bonds. The van der Waals surface area contributed by atoms with E-state index in [1.54, 1.807) is 0 Å².